The molecule has 0 radical (unpaired) electrons. The predicted molar refractivity (Wildman–Crippen MR) is 277 cm³/mol. The zero-order valence-electron chi connectivity index (χ0n) is 44.5. The number of nitrogens with zero attached hydrogens (tertiary/aromatic N) is 4. The third kappa shape index (κ3) is 24.0. The van der Waals surface area contributed by atoms with Crippen molar-refractivity contribution in [1.82, 2.24) is 30.2 Å². The summed E-state index contributed by atoms with van der Waals surface area (Å²) in [5, 5.41) is 20.2. The van der Waals surface area contributed by atoms with E-state index in [-0.39, 0.29) is 68.7 Å². The Hall–Kier alpha value is -6.82. The average molecular weight is 1140 g/mol. The highest BCUT2D eigenvalue weighted by molar-refractivity contribution is 5.75. The minimum absolute atomic E-state index is 0. The first-order valence-corrected chi connectivity index (χ1v) is 24.8. The van der Waals surface area contributed by atoms with Gasteiger partial charge in [-0.15, -0.1) is 0 Å². The maximum Gasteiger partial charge on any atom is 0.490 e. The first-order valence-electron chi connectivity index (χ1n) is 24.8. The largest absolute Gasteiger partial charge is 0.491 e. The molecule has 79 heavy (non-hydrogen) atoms. The fourth-order valence-corrected chi connectivity index (χ4v) is 8.43. The Kier molecular flexibility index (Phi) is 27.4. The number of hydrogen-bond donors (Lipinski definition) is 4. The van der Waals surface area contributed by atoms with Gasteiger partial charge in [-0.2, -0.15) is 26.3 Å². The Bertz CT molecular complexity index is 2370. The first kappa shape index (κ1) is 68.3. The van der Waals surface area contributed by atoms with Crippen LogP contribution in [0.5, 0.6) is 11.5 Å². The molecule has 2 aliphatic rings. The number of ether oxygens (including phenoxy) is 2. The molecule has 2 saturated heterocycles. The number of carboxylic acid groups (broad SMARTS) is 2. The minimum atomic E-state index is -5.08. The molecule has 440 valence electrons. The number of carbonyl (C=O) groups excluding carboxylic acids is 2. The Morgan fingerprint density at radius 1 is 0.582 bits per heavy atom. The van der Waals surface area contributed by atoms with Crippen LogP contribution in [0, 0.1) is 35.1 Å². The van der Waals surface area contributed by atoms with Crippen LogP contribution in [0.4, 0.5) is 53.5 Å². The van der Waals surface area contributed by atoms with E-state index in [2.05, 4.69) is 48.4 Å². The van der Waals surface area contributed by atoms with Crippen LogP contribution in [-0.2, 0) is 35.8 Å². The molecule has 4 atom stereocenters. The average Bonchev–Trinajstić information content (AvgIpc) is 3.33. The molecule has 0 bridgehead atoms. The van der Waals surface area contributed by atoms with Gasteiger partial charge in [0.2, 0.25) is 0 Å². The van der Waals surface area contributed by atoms with Crippen LogP contribution in [0.2, 0.25) is 0 Å². The summed E-state index contributed by atoms with van der Waals surface area (Å²) in [5.74, 6) is -6.01. The van der Waals surface area contributed by atoms with Gasteiger partial charge in [0, 0.05) is 61.5 Å². The van der Waals surface area contributed by atoms with Crippen molar-refractivity contribution in [3.63, 3.8) is 0 Å². The van der Waals surface area contributed by atoms with E-state index in [1.807, 2.05) is 76.2 Å². The third-order valence-corrected chi connectivity index (χ3v) is 12.1. The minimum Gasteiger partial charge on any atom is -0.491 e. The van der Waals surface area contributed by atoms with Crippen LogP contribution >= 0.6 is 0 Å². The van der Waals surface area contributed by atoms with Crippen LogP contribution in [0.1, 0.15) is 84.1 Å². The SMILES string of the molecule is C.CC(C)Oc1ccc(CNC(=O)N(Cc2ccc(F)cc2F)[C@@H]2CCN(C)C[C@H]2C)cc1.CC(C)Oc1ccc(CNC(=O)N(Cc2ccc(F)cc2F)[C@H]2CCN(C)C[C@@H]2C)cc1.O=C(O)C(F)(F)F.O=C(O)C(F)(F)F. The molecule has 0 aromatic heterocycles. The Labute approximate surface area is 454 Å². The summed E-state index contributed by atoms with van der Waals surface area (Å²) in [7, 11) is 4.12. The quantitative estimate of drug-likeness (QED) is 0.0894. The summed E-state index contributed by atoms with van der Waals surface area (Å²) >= 11 is 0. The number of alkyl halides is 6. The molecule has 2 heterocycles. The molecule has 0 saturated carbocycles. The highest BCUT2D eigenvalue weighted by Crippen LogP contribution is 2.27. The number of carboxylic acids is 2. The number of carbonyl (C=O) groups is 4. The van der Waals surface area contributed by atoms with Gasteiger partial charge in [0.25, 0.3) is 0 Å². The van der Waals surface area contributed by atoms with Gasteiger partial charge < -0.3 is 49.9 Å². The molecule has 14 nitrogen and oxygen atoms in total. The van der Waals surface area contributed by atoms with E-state index >= 15 is 0 Å². The van der Waals surface area contributed by atoms with E-state index in [0.717, 1.165) is 73.8 Å². The number of hydrogen-bond acceptors (Lipinski definition) is 8. The standard InChI is InChI=1S/2C25H33F2N3O2.2C2HF3O2.CH4/c2*1-17(2)32-22-9-5-19(6-10-22)14-28-25(31)30(24-11-12-29(4)15-18(24)3)16-20-7-8-21(26)13-23(20)27;2*3-2(4,5)1(6)7;/h2*5-10,13,17-18,24H,11-12,14-16H2,1-4H3,(H,28,31);2*(H,6,7);1H4/t2*18-,24-;;;/m10.../s1. The molecule has 2 aliphatic heterocycles. The smallest absolute Gasteiger partial charge is 0.490 e. The summed E-state index contributed by atoms with van der Waals surface area (Å²) in [6.07, 6.45) is -8.38. The number of likely N-dealkylation sites (tertiary alicyclic amines) is 2. The van der Waals surface area contributed by atoms with Gasteiger partial charge in [0.05, 0.1) is 25.3 Å². The van der Waals surface area contributed by atoms with Gasteiger partial charge in [0.15, 0.2) is 0 Å². The highest BCUT2D eigenvalue weighted by Gasteiger charge is 2.39. The van der Waals surface area contributed by atoms with E-state index in [0.29, 0.717) is 24.2 Å². The number of benzene rings is 4. The number of rotatable bonds is 14. The van der Waals surface area contributed by atoms with Crippen molar-refractivity contribution in [3.8, 4) is 11.5 Å². The van der Waals surface area contributed by atoms with E-state index in [9.17, 15) is 53.5 Å². The molecule has 0 aliphatic carbocycles. The van der Waals surface area contributed by atoms with Crippen LogP contribution in [0.3, 0.4) is 0 Å². The number of halogens is 10. The number of amides is 4. The maximum absolute atomic E-state index is 14.4. The Morgan fingerprint density at radius 2 is 0.886 bits per heavy atom. The lowest BCUT2D eigenvalue weighted by atomic mass is 9.92. The topological polar surface area (TPSA) is 164 Å². The van der Waals surface area contributed by atoms with E-state index in [1.54, 1.807) is 9.80 Å². The second kappa shape index (κ2) is 31.7. The van der Waals surface area contributed by atoms with Crippen molar-refractivity contribution in [2.75, 3.05) is 40.3 Å². The van der Waals surface area contributed by atoms with E-state index in [1.165, 1.54) is 24.3 Å². The number of piperidine rings is 2. The van der Waals surface area contributed by atoms with E-state index < -0.39 is 47.6 Å². The molecule has 4 aromatic rings. The molecule has 0 unspecified atom stereocenters. The summed E-state index contributed by atoms with van der Waals surface area (Å²) < 4.78 is 130. The summed E-state index contributed by atoms with van der Waals surface area (Å²) in [5.41, 5.74) is 2.50. The lowest BCUT2D eigenvalue weighted by Crippen LogP contribution is -2.53. The third-order valence-electron chi connectivity index (χ3n) is 12.1. The number of nitrogens with one attached hydrogen (secondary N) is 2. The Morgan fingerprint density at radius 3 is 1.14 bits per heavy atom. The monoisotopic (exact) mass is 1130 g/mol. The van der Waals surface area contributed by atoms with Gasteiger partial charge >= 0.3 is 36.4 Å². The zero-order valence-corrected chi connectivity index (χ0v) is 44.5. The fraction of sp³-hybridized carbons (Fsp3) is 0.491. The first-order chi connectivity index (χ1) is 36.3. The summed E-state index contributed by atoms with van der Waals surface area (Å²) in [6, 6.07) is 21.6. The van der Waals surface area contributed by atoms with Gasteiger partial charge in [-0.1, -0.05) is 57.7 Å². The van der Waals surface area contributed by atoms with Crippen LogP contribution in [-0.4, -0.2) is 131 Å². The van der Waals surface area contributed by atoms with Crippen molar-refractivity contribution in [3.05, 3.63) is 130 Å². The van der Waals surface area contributed by atoms with E-state index in [4.69, 9.17) is 29.3 Å². The zero-order chi connectivity index (χ0) is 58.7. The highest BCUT2D eigenvalue weighted by atomic mass is 19.4. The fourth-order valence-electron chi connectivity index (χ4n) is 8.43. The van der Waals surface area contributed by atoms with Crippen LogP contribution in [0.25, 0.3) is 0 Å². The van der Waals surface area contributed by atoms with Crippen molar-refractivity contribution in [2.24, 2.45) is 11.8 Å². The maximum atomic E-state index is 14.4. The molecule has 24 heteroatoms. The lowest BCUT2D eigenvalue weighted by Gasteiger charge is -2.41. The molecule has 6 rings (SSSR count). The molecular weight excluding hydrogens is 1060 g/mol. The van der Waals surface area contributed by atoms with Gasteiger partial charge in [-0.05, 0) is 127 Å². The van der Waals surface area contributed by atoms with Crippen LogP contribution in [0.15, 0.2) is 84.9 Å². The van der Waals surface area contributed by atoms with Crippen molar-refractivity contribution in [2.45, 2.75) is 125 Å². The normalized spacial score (nSPS) is 17.5. The lowest BCUT2D eigenvalue weighted by molar-refractivity contribution is -0.193. The molecule has 4 aromatic carbocycles. The second-order valence-corrected chi connectivity index (χ2v) is 19.5. The number of urea groups is 2. The number of aliphatic carboxylic acids is 2. The van der Waals surface area contributed by atoms with Crippen molar-refractivity contribution < 1.29 is 82.8 Å². The van der Waals surface area contributed by atoms with Crippen molar-refractivity contribution in [1.29, 1.82) is 0 Å². The van der Waals surface area contributed by atoms with Crippen molar-refractivity contribution >= 4 is 24.0 Å². The predicted octanol–water partition coefficient (Wildman–Crippen LogP) is 11.5. The van der Waals surface area contributed by atoms with Gasteiger partial charge in [-0.3, -0.25) is 0 Å². The van der Waals surface area contributed by atoms with Crippen LogP contribution < -0.4 is 20.1 Å². The molecule has 0 spiro atoms. The molecule has 4 amide bonds. The van der Waals surface area contributed by atoms with Gasteiger partial charge in [-0.25, -0.2) is 36.7 Å². The molecule has 4 N–H and O–H groups in total. The Balaban J connectivity index is 0.000000430. The summed E-state index contributed by atoms with van der Waals surface area (Å²) in [6.45, 7) is 16.4. The van der Waals surface area contributed by atoms with Gasteiger partial charge in [0.1, 0.15) is 34.8 Å². The molecular formula is C55H72F10N6O8. The molecule has 2 fully saturated rings. The second-order valence-electron chi connectivity index (χ2n) is 19.5. The summed E-state index contributed by atoms with van der Waals surface area (Å²) in [4.78, 5) is 52.1.